The zero-order chi connectivity index (χ0) is 17.1. The molecule has 0 unspecified atom stereocenters. The number of hydrogen-bond acceptors (Lipinski definition) is 2. The number of nitrogens with one attached hydrogen (secondary N) is 1. The molecule has 0 atom stereocenters. The molecule has 0 bridgehead atoms. The minimum absolute atomic E-state index is 0.0704. The van der Waals surface area contributed by atoms with Crippen LogP contribution >= 0.6 is 11.6 Å². The second kappa shape index (κ2) is 6.93. The Balaban J connectivity index is 1.70. The number of amides is 2. The fourth-order valence-electron chi connectivity index (χ4n) is 2.80. The molecule has 5 nitrogen and oxygen atoms in total. The number of H-pyrrole nitrogens is 1. The van der Waals surface area contributed by atoms with Crippen LogP contribution in [0.15, 0.2) is 49.2 Å². The Kier molecular flexibility index (Phi) is 4.71. The number of piperazine rings is 1. The summed E-state index contributed by atoms with van der Waals surface area (Å²) in [5.41, 5.74) is 2.29. The van der Waals surface area contributed by atoms with Gasteiger partial charge in [0.05, 0.1) is 0 Å². The van der Waals surface area contributed by atoms with E-state index >= 15 is 0 Å². The van der Waals surface area contributed by atoms with Crippen molar-refractivity contribution in [2.75, 3.05) is 26.2 Å². The van der Waals surface area contributed by atoms with E-state index in [1.54, 1.807) is 16.0 Å². The van der Waals surface area contributed by atoms with E-state index in [1.165, 1.54) is 6.08 Å². The first-order valence-electron chi connectivity index (χ1n) is 7.74. The zero-order valence-electron chi connectivity index (χ0n) is 13.2. The summed E-state index contributed by atoms with van der Waals surface area (Å²) in [6.45, 7) is 5.56. The van der Waals surface area contributed by atoms with Crippen LogP contribution in [0, 0.1) is 0 Å². The minimum Gasteiger partial charge on any atom is -0.357 e. The van der Waals surface area contributed by atoms with Gasteiger partial charge in [-0.15, -0.1) is 0 Å². The number of aromatic nitrogens is 1. The van der Waals surface area contributed by atoms with Crippen molar-refractivity contribution >= 4 is 23.4 Å². The lowest BCUT2D eigenvalue weighted by Gasteiger charge is -2.34. The smallest absolute Gasteiger partial charge is 0.270 e. The maximum Gasteiger partial charge on any atom is 0.270 e. The highest BCUT2D eigenvalue weighted by Gasteiger charge is 2.24. The average molecular weight is 344 g/mol. The van der Waals surface area contributed by atoms with Gasteiger partial charge in [-0.25, -0.2) is 0 Å². The van der Waals surface area contributed by atoms with Gasteiger partial charge in [0.25, 0.3) is 5.91 Å². The molecule has 1 aromatic carbocycles. The van der Waals surface area contributed by atoms with E-state index in [4.69, 9.17) is 11.6 Å². The monoisotopic (exact) mass is 343 g/mol. The molecular weight excluding hydrogens is 326 g/mol. The van der Waals surface area contributed by atoms with Crippen molar-refractivity contribution in [2.24, 2.45) is 0 Å². The molecule has 24 heavy (non-hydrogen) atoms. The molecule has 0 radical (unpaired) electrons. The Labute approximate surface area is 145 Å². The minimum atomic E-state index is -0.0945. The lowest BCUT2D eigenvalue weighted by molar-refractivity contribution is -0.127. The van der Waals surface area contributed by atoms with Crippen molar-refractivity contribution in [1.29, 1.82) is 0 Å². The second-order valence-corrected chi connectivity index (χ2v) is 6.01. The number of benzene rings is 1. The van der Waals surface area contributed by atoms with Crippen LogP contribution in [0.1, 0.15) is 10.5 Å². The van der Waals surface area contributed by atoms with E-state index in [2.05, 4.69) is 11.6 Å². The van der Waals surface area contributed by atoms with Crippen molar-refractivity contribution in [3.8, 4) is 11.1 Å². The summed E-state index contributed by atoms with van der Waals surface area (Å²) < 4.78 is 0. The van der Waals surface area contributed by atoms with Crippen LogP contribution in [-0.4, -0.2) is 52.8 Å². The zero-order valence-corrected chi connectivity index (χ0v) is 13.9. The summed E-state index contributed by atoms with van der Waals surface area (Å²) in [4.78, 5) is 30.7. The van der Waals surface area contributed by atoms with Crippen LogP contribution in [0.2, 0.25) is 5.02 Å². The molecule has 3 rings (SSSR count). The standard InChI is InChI=1S/C18H18ClN3O2/c1-2-17(23)21-7-9-22(10-8-21)18(24)16-11-13(12-20-16)14-5-3-4-6-15(14)19/h2-6,11-12,20H,1,7-10H2. The van der Waals surface area contributed by atoms with Crippen molar-refractivity contribution in [2.45, 2.75) is 0 Å². The molecule has 2 amide bonds. The largest absolute Gasteiger partial charge is 0.357 e. The van der Waals surface area contributed by atoms with Crippen molar-refractivity contribution < 1.29 is 9.59 Å². The summed E-state index contributed by atoms with van der Waals surface area (Å²) >= 11 is 6.20. The Morgan fingerprint density at radius 2 is 1.79 bits per heavy atom. The maximum absolute atomic E-state index is 12.6. The molecule has 1 fully saturated rings. The molecule has 124 valence electrons. The van der Waals surface area contributed by atoms with E-state index in [-0.39, 0.29) is 11.8 Å². The maximum atomic E-state index is 12.6. The summed E-state index contributed by atoms with van der Waals surface area (Å²) in [7, 11) is 0. The number of aromatic amines is 1. The van der Waals surface area contributed by atoms with Gasteiger partial charge in [-0.3, -0.25) is 9.59 Å². The van der Waals surface area contributed by atoms with Gasteiger partial charge in [-0.2, -0.15) is 0 Å². The highest BCUT2D eigenvalue weighted by Crippen LogP contribution is 2.28. The van der Waals surface area contributed by atoms with Gasteiger partial charge < -0.3 is 14.8 Å². The van der Waals surface area contributed by atoms with Gasteiger partial charge in [-0.1, -0.05) is 36.4 Å². The molecule has 1 saturated heterocycles. The fourth-order valence-corrected chi connectivity index (χ4v) is 3.04. The van der Waals surface area contributed by atoms with Crippen molar-refractivity contribution in [3.05, 3.63) is 59.9 Å². The van der Waals surface area contributed by atoms with Crippen LogP contribution in [0.4, 0.5) is 0 Å². The Bertz CT molecular complexity index is 776. The van der Waals surface area contributed by atoms with E-state index in [0.29, 0.717) is 36.9 Å². The number of carbonyl (C=O) groups excluding carboxylic acids is 2. The van der Waals surface area contributed by atoms with Crippen LogP contribution < -0.4 is 0 Å². The Morgan fingerprint density at radius 3 is 2.46 bits per heavy atom. The summed E-state index contributed by atoms with van der Waals surface area (Å²) in [5.74, 6) is -0.165. The van der Waals surface area contributed by atoms with Gasteiger partial charge >= 0.3 is 0 Å². The van der Waals surface area contributed by atoms with Gasteiger partial charge in [-0.05, 0) is 18.2 Å². The van der Waals surface area contributed by atoms with Crippen LogP contribution in [0.25, 0.3) is 11.1 Å². The highest BCUT2D eigenvalue weighted by atomic mass is 35.5. The quantitative estimate of drug-likeness (QED) is 0.871. The van der Waals surface area contributed by atoms with E-state index in [9.17, 15) is 9.59 Å². The predicted molar refractivity (Wildman–Crippen MR) is 93.9 cm³/mol. The van der Waals surface area contributed by atoms with Gasteiger partial charge in [0, 0.05) is 48.5 Å². The molecule has 1 aromatic heterocycles. The molecule has 2 aromatic rings. The highest BCUT2D eigenvalue weighted by molar-refractivity contribution is 6.33. The van der Waals surface area contributed by atoms with E-state index in [1.807, 2.05) is 30.3 Å². The lowest BCUT2D eigenvalue weighted by Crippen LogP contribution is -2.50. The first-order chi connectivity index (χ1) is 11.6. The van der Waals surface area contributed by atoms with Crippen molar-refractivity contribution in [1.82, 2.24) is 14.8 Å². The van der Waals surface area contributed by atoms with Crippen LogP contribution in [-0.2, 0) is 4.79 Å². The number of nitrogens with zero attached hydrogens (tertiary/aromatic N) is 2. The van der Waals surface area contributed by atoms with E-state index in [0.717, 1.165) is 11.1 Å². The molecule has 0 aliphatic carbocycles. The van der Waals surface area contributed by atoms with Crippen LogP contribution in [0.3, 0.4) is 0 Å². The van der Waals surface area contributed by atoms with Gasteiger partial charge in [0.1, 0.15) is 5.69 Å². The lowest BCUT2D eigenvalue weighted by atomic mass is 10.1. The molecule has 0 saturated carbocycles. The number of halogens is 1. The number of carbonyl (C=O) groups is 2. The molecule has 6 heteroatoms. The topological polar surface area (TPSA) is 56.4 Å². The van der Waals surface area contributed by atoms with E-state index < -0.39 is 0 Å². The molecule has 1 N–H and O–H groups in total. The average Bonchev–Trinajstić information content (AvgIpc) is 3.11. The second-order valence-electron chi connectivity index (χ2n) is 5.60. The molecule has 2 heterocycles. The van der Waals surface area contributed by atoms with Gasteiger partial charge in [0.2, 0.25) is 5.91 Å². The predicted octanol–water partition coefficient (Wildman–Crippen LogP) is 2.81. The fraction of sp³-hybridized carbons (Fsp3) is 0.222. The van der Waals surface area contributed by atoms with Gasteiger partial charge in [0.15, 0.2) is 0 Å². The number of hydrogen-bond donors (Lipinski definition) is 1. The number of rotatable bonds is 3. The molecular formula is C18H18ClN3O2. The van der Waals surface area contributed by atoms with Crippen molar-refractivity contribution in [3.63, 3.8) is 0 Å². The molecule has 1 aliphatic heterocycles. The molecule has 0 spiro atoms. The Hall–Kier alpha value is -2.53. The van der Waals surface area contributed by atoms with Crippen LogP contribution in [0.5, 0.6) is 0 Å². The summed E-state index contributed by atoms with van der Waals surface area (Å²) in [6, 6.07) is 9.32. The SMILES string of the molecule is C=CC(=O)N1CCN(C(=O)c2cc(-c3ccccc3Cl)c[nH]2)CC1. The third kappa shape index (κ3) is 3.21. The summed E-state index contributed by atoms with van der Waals surface area (Å²) in [5, 5.41) is 0.645. The summed E-state index contributed by atoms with van der Waals surface area (Å²) in [6.07, 6.45) is 3.09. The normalized spacial score (nSPS) is 14.5. The Morgan fingerprint density at radius 1 is 1.12 bits per heavy atom. The first-order valence-corrected chi connectivity index (χ1v) is 8.12. The molecule has 1 aliphatic rings. The third-order valence-corrected chi connectivity index (χ3v) is 4.48. The first kappa shape index (κ1) is 16.3. The third-order valence-electron chi connectivity index (χ3n) is 4.15.